The Morgan fingerprint density at radius 2 is 2.00 bits per heavy atom. The van der Waals surface area contributed by atoms with Gasteiger partial charge in [-0.15, -0.1) is 0 Å². The second kappa shape index (κ2) is 5.87. The number of urea groups is 1. The smallest absolute Gasteiger partial charge is 0.328 e. The molecule has 3 aliphatic rings. The van der Waals surface area contributed by atoms with E-state index in [1.54, 1.807) is 42.0 Å². The van der Waals surface area contributed by atoms with Gasteiger partial charge in [-0.2, -0.15) is 0 Å². The Labute approximate surface area is 157 Å². The fourth-order valence-electron chi connectivity index (χ4n) is 3.72. The molecule has 0 aliphatic carbocycles. The van der Waals surface area contributed by atoms with E-state index in [0.29, 0.717) is 11.6 Å². The van der Waals surface area contributed by atoms with Crippen LogP contribution in [-0.2, 0) is 4.79 Å². The molecule has 1 saturated heterocycles. The zero-order valence-electron chi connectivity index (χ0n) is 15.5. The number of rotatable bonds is 3. The van der Waals surface area contributed by atoms with E-state index in [-0.39, 0.29) is 24.2 Å². The molecule has 0 radical (unpaired) electrons. The van der Waals surface area contributed by atoms with Crippen LogP contribution < -0.4 is 4.90 Å². The number of para-hydroxylation sites is 2. The van der Waals surface area contributed by atoms with E-state index in [1.165, 1.54) is 9.80 Å². The molecule has 1 aromatic carbocycles. The van der Waals surface area contributed by atoms with Gasteiger partial charge in [-0.1, -0.05) is 24.3 Å². The summed E-state index contributed by atoms with van der Waals surface area (Å²) in [5.41, 5.74) is 2.13. The highest BCUT2D eigenvalue weighted by molar-refractivity contribution is 6.10. The van der Waals surface area contributed by atoms with Crippen molar-refractivity contribution < 1.29 is 14.7 Å². The molecule has 2 atom stereocenters. The Morgan fingerprint density at radius 3 is 2.67 bits per heavy atom. The lowest BCUT2D eigenvalue weighted by Gasteiger charge is -2.40. The predicted octanol–water partition coefficient (Wildman–Crippen LogP) is 1.91. The number of aliphatic imine (C=N–C) groups is 1. The molecule has 2 unspecified atom stereocenters. The SMILES string of the molecule is C=C(C)CN1C(=O)C2C(N=C3N(c4ccccc4O)C(C)=CN32)N(C)C1=O. The van der Waals surface area contributed by atoms with Crippen molar-refractivity contribution in [1.82, 2.24) is 14.7 Å². The number of phenolic OH excluding ortho intramolecular Hbond substituents is 1. The van der Waals surface area contributed by atoms with Crippen LogP contribution in [0.1, 0.15) is 13.8 Å². The highest BCUT2D eigenvalue weighted by Gasteiger charge is 2.54. The molecule has 4 rings (SSSR count). The third-order valence-electron chi connectivity index (χ3n) is 4.94. The quantitative estimate of drug-likeness (QED) is 0.826. The number of likely N-dealkylation sites (N-methyl/N-ethyl adjacent to an activating group) is 1. The number of phenols is 1. The topological polar surface area (TPSA) is 79.7 Å². The summed E-state index contributed by atoms with van der Waals surface area (Å²) in [5.74, 6) is 0.339. The van der Waals surface area contributed by atoms with Crippen LogP contribution in [0.3, 0.4) is 0 Å². The lowest BCUT2D eigenvalue weighted by Crippen LogP contribution is -2.64. The number of fused-ring (bicyclic) bond motifs is 3. The first-order valence-corrected chi connectivity index (χ1v) is 8.66. The maximum absolute atomic E-state index is 13.1. The molecule has 1 fully saturated rings. The maximum atomic E-state index is 13.1. The van der Waals surface area contributed by atoms with Crippen molar-refractivity contribution in [2.75, 3.05) is 18.5 Å². The average Bonchev–Trinajstić information content (AvgIpc) is 3.12. The zero-order chi connectivity index (χ0) is 19.5. The minimum Gasteiger partial charge on any atom is -0.506 e. The van der Waals surface area contributed by atoms with E-state index in [4.69, 9.17) is 0 Å². The van der Waals surface area contributed by atoms with Gasteiger partial charge in [-0.05, 0) is 26.0 Å². The summed E-state index contributed by atoms with van der Waals surface area (Å²) in [6, 6.07) is 5.93. The van der Waals surface area contributed by atoms with Crippen molar-refractivity contribution in [2.24, 2.45) is 4.99 Å². The monoisotopic (exact) mass is 367 g/mol. The Hall–Kier alpha value is -3.29. The number of hydrogen-bond acceptors (Lipinski definition) is 6. The molecule has 0 saturated carbocycles. The summed E-state index contributed by atoms with van der Waals surface area (Å²) < 4.78 is 0. The molecule has 3 heterocycles. The summed E-state index contributed by atoms with van der Waals surface area (Å²) in [4.78, 5) is 36.6. The van der Waals surface area contributed by atoms with Crippen LogP contribution in [-0.4, -0.2) is 63.5 Å². The number of hydrogen-bond donors (Lipinski definition) is 1. The molecular formula is C19H21N5O3. The van der Waals surface area contributed by atoms with Crippen molar-refractivity contribution in [3.05, 3.63) is 48.3 Å². The van der Waals surface area contributed by atoms with Crippen LogP contribution in [0.5, 0.6) is 5.75 Å². The standard InChI is InChI=1S/C19H21N5O3/c1-11(2)9-23-17(26)15-16(21(4)19(23)27)20-18-22(15)10-12(3)24(18)13-7-5-6-8-14(13)25/h5-8,10,15-16,25H,1,9H2,2-4H3. The van der Waals surface area contributed by atoms with Crippen molar-refractivity contribution in [2.45, 2.75) is 26.1 Å². The largest absolute Gasteiger partial charge is 0.506 e. The van der Waals surface area contributed by atoms with Crippen LogP contribution in [0.15, 0.2) is 53.3 Å². The maximum Gasteiger partial charge on any atom is 0.328 e. The Morgan fingerprint density at radius 1 is 1.30 bits per heavy atom. The van der Waals surface area contributed by atoms with Gasteiger partial charge in [0.15, 0.2) is 12.2 Å². The van der Waals surface area contributed by atoms with Crippen molar-refractivity contribution in [3.8, 4) is 5.75 Å². The second-order valence-electron chi connectivity index (χ2n) is 7.06. The molecule has 140 valence electrons. The second-order valence-corrected chi connectivity index (χ2v) is 7.06. The summed E-state index contributed by atoms with van der Waals surface area (Å²) in [6.45, 7) is 7.66. The third kappa shape index (κ3) is 2.40. The molecule has 3 aliphatic heterocycles. The van der Waals surface area contributed by atoms with Gasteiger partial charge in [-0.3, -0.25) is 14.6 Å². The molecule has 0 bridgehead atoms. The number of anilines is 1. The molecule has 3 amide bonds. The lowest BCUT2D eigenvalue weighted by atomic mass is 10.1. The Bertz CT molecular complexity index is 922. The van der Waals surface area contributed by atoms with Crippen molar-refractivity contribution >= 4 is 23.6 Å². The molecule has 8 heteroatoms. The average molecular weight is 367 g/mol. The zero-order valence-corrected chi connectivity index (χ0v) is 15.5. The first kappa shape index (κ1) is 17.1. The molecule has 1 N–H and O–H groups in total. The number of carbonyl (C=O) groups excluding carboxylic acids is 2. The van der Waals surface area contributed by atoms with Gasteiger partial charge >= 0.3 is 6.03 Å². The van der Waals surface area contributed by atoms with Gasteiger partial charge in [0, 0.05) is 18.9 Å². The first-order valence-electron chi connectivity index (χ1n) is 8.66. The fraction of sp³-hybridized carbons (Fsp3) is 0.316. The van der Waals surface area contributed by atoms with E-state index in [9.17, 15) is 14.7 Å². The summed E-state index contributed by atoms with van der Waals surface area (Å²) >= 11 is 0. The van der Waals surface area contributed by atoms with Gasteiger partial charge in [0.2, 0.25) is 5.96 Å². The van der Waals surface area contributed by atoms with Gasteiger partial charge in [0.25, 0.3) is 5.91 Å². The lowest BCUT2D eigenvalue weighted by molar-refractivity contribution is -0.136. The number of amides is 3. The molecule has 0 aromatic heterocycles. The number of benzene rings is 1. The predicted molar refractivity (Wildman–Crippen MR) is 101 cm³/mol. The number of nitrogens with zero attached hydrogens (tertiary/aromatic N) is 5. The van der Waals surface area contributed by atoms with E-state index < -0.39 is 12.2 Å². The van der Waals surface area contributed by atoms with E-state index in [0.717, 1.165) is 11.3 Å². The molecule has 27 heavy (non-hydrogen) atoms. The van der Waals surface area contributed by atoms with Crippen LogP contribution in [0, 0.1) is 0 Å². The number of imide groups is 1. The van der Waals surface area contributed by atoms with Gasteiger partial charge in [0.1, 0.15) is 5.75 Å². The molecule has 1 aromatic rings. The Kier molecular flexibility index (Phi) is 3.73. The van der Waals surface area contributed by atoms with E-state index in [1.807, 2.05) is 19.2 Å². The molecular weight excluding hydrogens is 346 g/mol. The van der Waals surface area contributed by atoms with E-state index in [2.05, 4.69) is 11.6 Å². The summed E-state index contributed by atoms with van der Waals surface area (Å²) in [6.07, 6.45) is 1.22. The summed E-state index contributed by atoms with van der Waals surface area (Å²) in [7, 11) is 1.64. The van der Waals surface area contributed by atoms with Crippen LogP contribution in [0.4, 0.5) is 10.5 Å². The van der Waals surface area contributed by atoms with Gasteiger partial charge < -0.3 is 14.9 Å². The third-order valence-corrected chi connectivity index (χ3v) is 4.94. The van der Waals surface area contributed by atoms with Gasteiger partial charge in [-0.25, -0.2) is 9.79 Å². The fourth-order valence-corrected chi connectivity index (χ4v) is 3.72. The van der Waals surface area contributed by atoms with E-state index >= 15 is 0 Å². The first-order chi connectivity index (χ1) is 12.8. The van der Waals surface area contributed by atoms with Crippen molar-refractivity contribution in [3.63, 3.8) is 0 Å². The number of aromatic hydroxyl groups is 1. The van der Waals surface area contributed by atoms with Crippen LogP contribution in [0.25, 0.3) is 0 Å². The molecule has 0 spiro atoms. The highest BCUT2D eigenvalue weighted by Crippen LogP contribution is 2.39. The Balaban J connectivity index is 1.74. The minimum absolute atomic E-state index is 0.115. The number of allylic oxidation sites excluding steroid dienone is 1. The van der Waals surface area contributed by atoms with Crippen molar-refractivity contribution in [1.29, 1.82) is 0 Å². The summed E-state index contributed by atoms with van der Waals surface area (Å²) in [5, 5.41) is 10.3. The van der Waals surface area contributed by atoms with Crippen LogP contribution >= 0.6 is 0 Å². The number of guanidine groups is 1. The normalized spacial score (nSPS) is 24.1. The molecule has 8 nitrogen and oxygen atoms in total. The van der Waals surface area contributed by atoms with Gasteiger partial charge in [0.05, 0.1) is 12.2 Å². The van der Waals surface area contributed by atoms with Crippen LogP contribution in [0.2, 0.25) is 0 Å². The minimum atomic E-state index is -0.632. The highest BCUT2D eigenvalue weighted by atomic mass is 16.3. The number of carbonyl (C=O) groups is 2.